The molecular formula is C23H24F6N6O2. The van der Waals surface area contributed by atoms with E-state index < -0.39 is 61.1 Å². The van der Waals surface area contributed by atoms with Crippen LogP contribution in [-0.2, 0) is 24.2 Å². The molecule has 2 amide bonds. The van der Waals surface area contributed by atoms with Gasteiger partial charge in [0.1, 0.15) is 18.4 Å². The summed E-state index contributed by atoms with van der Waals surface area (Å²) in [6, 6.07) is -0.760. The normalized spacial score (nSPS) is 21.6. The van der Waals surface area contributed by atoms with Crippen LogP contribution in [0.3, 0.4) is 0 Å². The number of hydrogen-bond donors (Lipinski definition) is 1. The first-order valence-corrected chi connectivity index (χ1v) is 11.9. The SMILES string of the molecule is Nc1cc(C(=O)N2CC(c3nn(CC(=O)N4CCC[C@H]4C(F)(F)F)c4c3CC(F)(F)CC4)C2)c(F)cn1. The van der Waals surface area contributed by atoms with E-state index in [-0.39, 0.29) is 61.5 Å². The van der Waals surface area contributed by atoms with Crippen molar-refractivity contribution in [3.8, 4) is 0 Å². The summed E-state index contributed by atoms with van der Waals surface area (Å²) in [5.74, 6) is -5.73. The van der Waals surface area contributed by atoms with Crippen LogP contribution in [0.25, 0.3) is 0 Å². The Morgan fingerprint density at radius 2 is 1.95 bits per heavy atom. The van der Waals surface area contributed by atoms with E-state index in [0.29, 0.717) is 5.69 Å². The van der Waals surface area contributed by atoms with E-state index in [4.69, 9.17) is 5.73 Å². The smallest absolute Gasteiger partial charge is 0.384 e. The van der Waals surface area contributed by atoms with Crippen LogP contribution in [-0.4, -0.2) is 74.2 Å². The molecule has 5 rings (SSSR count). The predicted octanol–water partition coefficient (Wildman–Crippen LogP) is 2.92. The second kappa shape index (κ2) is 8.91. The highest BCUT2D eigenvalue weighted by molar-refractivity contribution is 5.95. The molecule has 1 atom stereocenters. The number of hydrogen-bond acceptors (Lipinski definition) is 5. The maximum atomic E-state index is 14.3. The molecule has 2 aromatic rings. The summed E-state index contributed by atoms with van der Waals surface area (Å²) in [5, 5.41) is 4.39. The van der Waals surface area contributed by atoms with Crippen molar-refractivity contribution < 1.29 is 35.9 Å². The number of aromatic nitrogens is 3. The molecule has 3 aliphatic rings. The highest BCUT2D eigenvalue weighted by atomic mass is 19.4. The summed E-state index contributed by atoms with van der Waals surface area (Å²) >= 11 is 0. The third-order valence-corrected chi connectivity index (χ3v) is 7.26. The number of nitrogens with zero attached hydrogens (tertiary/aromatic N) is 5. The summed E-state index contributed by atoms with van der Waals surface area (Å²) in [5.41, 5.74) is 6.22. The largest absolute Gasteiger partial charge is 0.408 e. The predicted molar refractivity (Wildman–Crippen MR) is 117 cm³/mol. The van der Waals surface area contributed by atoms with Gasteiger partial charge >= 0.3 is 6.18 Å². The lowest BCUT2D eigenvalue weighted by atomic mass is 9.86. The molecule has 2 N–H and O–H groups in total. The Labute approximate surface area is 207 Å². The number of amides is 2. The van der Waals surface area contributed by atoms with Crippen LogP contribution in [0.5, 0.6) is 0 Å². The molecule has 14 heteroatoms. The van der Waals surface area contributed by atoms with Gasteiger partial charge in [0.05, 0.1) is 17.5 Å². The molecule has 1 aliphatic carbocycles. The topological polar surface area (TPSA) is 97.3 Å². The standard InChI is InChI=1S/C23H24F6N6O2/c24-15-8-31-18(30)6-13(15)21(37)33-9-12(10-33)20-14-7-22(25,26)4-3-16(14)35(32-20)11-19(36)34-5-1-2-17(34)23(27,28)29/h6,8,12,17H,1-5,7,9-11H2,(H2,30,31)/t17-/m0/s1. The minimum absolute atomic E-state index is 0.0345. The Morgan fingerprint density at radius 3 is 2.65 bits per heavy atom. The monoisotopic (exact) mass is 530 g/mol. The Kier molecular flexibility index (Phi) is 6.10. The quantitative estimate of drug-likeness (QED) is 0.614. The van der Waals surface area contributed by atoms with Crippen LogP contribution in [0.1, 0.15) is 52.5 Å². The number of fused-ring (bicyclic) bond motifs is 1. The summed E-state index contributed by atoms with van der Waals surface area (Å²) in [6.45, 7) is -0.373. The first-order chi connectivity index (χ1) is 17.3. The van der Waals surface area contributed by atoms with Gasteiger partial charge in [0.2, 0.25) is 5.91 Å². The zero-order chi connectivity index (χ0) is 26.7. The summed E-state index contributed by atoms with van der Waals surface area (Å²) < 4.78 is 83.9. The van der Waals surface area contributed by atoms with Crippen molar-refractivity contribution in [1.82, 2.24) is 24.6 Å². The van der Waals surface area contributed by atoms with Crippen molar-refractivity contribution in [2.24, 2.45) is 0 Å². The van der Waals surface area contributed by atoms with Crippen molar-refractivity contribution in [2.45, 2.75) is 62.7 Å². The minimum Gasteiger partial charge on any atom is -0.384 e. The molecule has 4 heterocycles. The fourth-order valence-corrected chi connectivity index (χ4v) is 5.36. The first-order valence-electron chi connectivity index (χ1n) is 11.9. The third kappa shape index (κ3) is 4.73. The number of alkyl halides is 5. The highest BCUT2D eigenvalue weighted by Crippen LogP contribution is 2.40. The molecule has 8 nitrogen and oxygen atoms in total. The van der Waals surface area contributed by atoms with Gasteiger partial charge in [0, 0.05) is 49.7 Å². The molecule has 2 saturated heterocycles. The first kappa shape index (κ1) is 25.3. The lowest BCUT2D eigenvalue weighted by Crippen LogP contribution is -2.49. The number of carbonyl (C=O) groups excluding carboxylic acids is 2. The molecule has 0 spiro atoms. The Morgan fingerprint density at radius 1 is 1.22 bits per heavy atom. The van der Waals surface area contributed by atoms with Crippen molar-refractivity contribution in [2.75, 3.05) is 25.4 Å². The van der Waals surface area contributed by atoms with Gasteiger partial charge in [0.25, 0.3) is 11.8 Å². The highest BCUT2D eigenvalue weighted by Gasteiger charge is 2.48. The van der Waals surface area contributed by atoms with Crippen LogP contribution in [0.4, 0.5) is 32.2 Å². The van der Waals surface area contributed by atoms with Gasteiger partial charge in [-0.05, 0) is 25.3 Å². The molecule has 0 aromatic carbocycles. The second-order valence-corrected chi connectivity index (χ2v) is 9.78. The number of rotatable bonds is 4. The number of likely N-dealkylation sites (tertiary alicyclic amines) is 2. The molecule has 2 fully saturated rings. The van der Waals surface area contributed by atoms with Crippen LogP contribution in [0, 0.1) is 5.82 Å². The van der Waals surface area contributed by atoms with Crippen LogP contribution >= 0.6 is 0 Å². The van der Waals surface area contributed by atoms with Gasteiger partial charge in [-0.15, -0.1) is 0 Å². The molecular weight excluding hydrogens is 506 g/mol. The maximum Gasteiger partial charge on any atom is 0.408 e. The average Bonchev–Trinajstić information content (AvgIpc) is 3.39. The fraction of sp³-hybridized carbons (Fsp3) is 0.565. The van der Waals surface area contributed by atoms with E-state index in [1.54, 1.807) is 0 Å². The third-order valence-electron chi connectivity index (χ3n) is 7.26. The molecule has 0 radical (unpaired) electrons. The molecule has 0 unspecified atom stereocenters. The molecule has 0 bridgehead atoms. The molecule has 200 valence electrons. The van der Waals surface area contributed by atoms with E-state index in [1.807, 2.05) is 0 Å². The summed E-state index contributed by atoms with van der Waals surface area (Å²) in [6.07, 6.45) is -4.83. The Balaban J connectivity index is 1.36. The molecule has 2 aromatic heterocycles. The van der Waals surface area contributed by atoms with E-state index in [1.165, 1.54) is 9.58 Å². The van der Waals surface area contributed by atoms with Gasteiger partial charge in [-0.2, -0.15) is 18.3 Å². The number of anilines is 1. The lowest BCUT2D eigenvalue weighted by molar-refractivity contribution is -0.183. The van der Waals surface area contributed by atoms with E-state index in [2.05, 4.69) is 10.1 Å². The summed E-state index contributed by atoms with van der Waals surface area (Å²) in [4.78, 5) is 31.2. The van der Waals surface area contributed by atoms with Gasteiger partial charge in [-0.25, -0.2) is 18.2 Å². The molecule has 0 saturated carbocycles. The van der Waals surface area contributed by atoms with Gasteiger partial charge in [-0.1, -0.05) is 0 Å². The number of nitrogen functional groups attached to an aromatic ring is 1. The summed E-state index contributed by atoms with van der Waals surface area (Å²) in [7, 11) is 0. The van der Waals surface area contributed by atoms with Crippen molar-refractivity contribution >= 4 is 17.6 Å². The zero-order valence-corrected chi connectivity index (χ0v) is 19.6. The minimum atomic E-state index is -4.55. The van der Waals surface area contributed by atoms with Crippen molar-refractivity contribution in [1.29, 1.82) is 0 Å². The fourth-order valence-electron chi connectivity index (χ4n) is 5.36. The number of pyridine rings is 1. The van der Waals surface area contributed by atoms with Crippen LogP contribution in [0.15, 0.2) is 12.3 Å². The van der Waals surface area contributed by atoms with E-state index in [0.717, 1.165) is 17.2 Å². The zero-order valence-electron chi connectivity index (χ0n) is 19.6. The van der Waals surface area contributed by atoms with Gasteiger partial charge in [-0.3, -0.25) is 14.3 Å². The van der Waals surface area contributed by atoms with Crippen LogP contribution in [0.2, 0.25) is 0 Å². The van der Waals surface area contributed by atoms with Gasteiger partial charge < -0.3 is 15.5 Å². The van der Waals surface area contributed by atoms with Crippen molar-refractivity contribution in [3.05, 3.63) is 40.6 Å². The molecule has 37 heavy (non-hydrogen) atoms. The number of halogens is 6. The van der Waals surface area contributed by atoms with E-state index >= 15 is 0 Å². The lowest BCUT2D eigenvalue weighted by Gasteiger charge is -2.39. The average molecular weight is 530 g/mol. The second-order valence-electron chi connectivity index (χ2n) is 9.78. The maximum absolute atomic E-state index is 14.3. The van der Waals surface area contributed by atoms with Crippen LogP contribution < -0.4 is 5.73 Å². The van der Waals surface area contributed by atoms with E-state index in [9.17, 15) is 35.9 Å². The Hall–Kier alpha value is -3.32. The van der Waals surface area contributed by atoms with Gasteiger partial charge in [0.15, 0.2) is 5.82 Å². The Bertz CT molecular complexity index is 1240. The molecule has 2 aliphatic heterocycles. The number of nitrogens with two attached hydrogens (primary N) is 1. The van der Waals surface area contributed by atoms with Crippen molar-refractivity contribution in [3.63, 3.8) is 0 Å². The number of carbonyl (C=O) groups is 2.